The van der Waals surface area contributed by atoms with Gasteiger partial charge in [-0.1, -0.05) is 37.5 Å². The van der Waals surface area contributed by atoms with Crippen molar-refractivity contribution in [2.24, 2.45) is 5.92 Å². The van der Waals surface area contributed by atoms with E-state index in [1.54, 1.807) is 12.1 Å². The van der Waals surface area contributed by atoms with Gasteiger partial charge in [0, 0.05) is 11.4 Å². The molecule has 2 N–H and O–H groups in total. The molecule has 1 heterocycles. The Labute approximate surface area is 128 Å². The van der Waals surface area contributed by atoms with Crippen LogP contribution in [0.3, 0.4) is 0 Å². The number of hydrogen-bond donors (Lipinski definition) is 2. The first-order valence-electron chi connectivity index (χ1n) is 7.67. The first-order valence-corrected chi connectivity index (χ1v) is 7.67. The molecule has 1 saturated carbocycles. The standard InChI is InChI=1S/C17H19NO4/c19-16(15-10-11-6-4-5-9-14(11)22-15)18-13-8-3-1-2-7-12(13)17(20)21/h4-6,9-10,12-13H,1-3,7-8H2,(H,18,19)(H,20,21)/t12-,13+/m1/s1. The summed E-state index contributed by atoms with van der Waals surface area (Å²) in [6.07, 6.45) is 4.16. The smallest absolute Gasteiger partial charge is 0.308 e. The Balaban J connectivity index is 1.77. The fourth-order valence-corrected chi connectivity index (χ4v) is 3.11. The predicted molar refractivity (Wildman–Crippen MR) is 81.7 cm³/mol. The Morgan fingerprint density at radius 3 is 2.68 bits per heavy atom. The Kier molecular flexibility index (Phi) is 4.13. The van der Waals surface area contributed by atoms with Crippen LogP contribution in [0.15, 0.2) is 34.7 Å². The van der Waals surface area contributed by atoms with E-state index in [4.69, 9.17) is 4.42 Å². The molecule has 116 valence electrons. The minimum atomic E-state index is -0.836. The van der Waals surface area contributed by atoms with Gasteiger partial charge in [-0.15, -0.1) is 0 Å². The number of furan rings is 1. The molecule has 0 unspecified atom stereocenters. The molecule has 1 aliphatic carbocycles. The molecule has 1 aromatic carbocycles. The van der Waals surface area contributed by atoms with Crippen LogP contribution in [-0.2, 0) is 4.79 Å². The minimum absolute atomic E-state index is 0.231. The molecule has 5 nitrogen and oxygen atoms in total. The number of aliphatic carboxylic acids is 1. The second kappa shape index (κ2) is 6.22. The van der Waals surface area contributed by atoms with Crippen LogP contribution >= 0.6 is 0 Å². The number of fused-ring (bicyclic) bond motifs is 1. The number of amides is 1. The van der Waals surface area contributed by atoms with Crippen molar-refractivity contribution in [1.82, 2.24) is 5.32 Å². The molecule has 0 spiro atoms. The van der Waals surface area contributed by atoms with Gasteiger partial charge in [0.05, 0.1) is 5.92 Å². The number of rotatable bonds is 3. The first kappa shape index (κ1) is 14.6. The van der Waals surface area contributed by atoms with Crippen molar-refractivity contribution in [1.29, 1.82) is 0 Å². The van der Waals surface area contributed by atoms with Gasteiger partial charge < -0.3 is 14.8 Å². The van der Waals surface area contributed by atoms with Crippen LogP contribution in [-0.4, -0.2) is 23.0 Å². The average molecular weight is 301 g/mol. The fourth-order valence-electron chi connectivity index (χ4n) is 3.11. The molecule has 0 radical (unpaired) electrons. The second-order valence-corrected chi connectivity index (χ2v) is 5.81. The van der Waals surface area contributed by atoms with E-state index in [1.807, 2.05) is 18.2 Å². The number of carbonyl (C=O) groups excluding carboxylic acids is 1. The van der Waals surface area contributed by atoms with E-state index in [2.05, 4.69) is 5.32 Å². The SMILES string of the molecule is O=C(N[C@H]1CCCCC[C@H]1C(=O)O)c1cc2ccccc2o1. The minimum Gasteiger partial charge on any atom is -0.481 e. The topological polar surface area (TPSA) is 79.5 Å². The van der Waals surface area contributed by atoms with Crippen LogP contribution in [0.2, 0.25) is 0 Å². The summed E-state index contributed by atoms with van der Waals surface area (Å²) < 4.78 is 5.54. The molecule has 0 aliphatic heterocycles. The van der Waals surface area contributed by atoms with Crippen molar-refractivity contribution in [3.05, 3.63) is 36.1 Å². The summed E-state index contributed by atoms with van der Waals surface area (Å²) >= 11 is 0. The highest BCUT2D eigenvalue weighted by Crippen LogP contribution is 2.25. The van der Waals surface area contributed by atoms with E-state index in [-0.39, 0.29) is 17.7 Å². The van der Waals surface area contributed by atoms with E-state index in [0.29, 0.717) is 18.4 Å². The number of hydrogen-bond acceptors (Lipinski definition) is 3. The molecule has 1 amide bonds. The molecule has 2 atom stereocenters. The van der Waals surface area contributed by atoms with Crippen molar-refractivity contribution in [2.45, 2.75) is 38.1 Å². The molecule has 22 heavy (non-hydrogen) atoms. The number of carboxylic acid groups (broad SMARTS) is 1. The molecular weight excluding hydrogens is 282 g/mol. The Morgan fingerprint density at radius 1 is 1.14 bits per heavy atom. The van der Waals surface area contributed by atoms with Gasteiger partial charge in [-0.25, -0.2) is 0 Å². The van der Waals surface area contributed by atoms with Gasteiger partial charge in [-0.2, -0.15) is 0 Å². The van der Waals surface area contributed by atoms with Gasteiger partial charge in [-0.05, 0) is 25.0 Å². The van der Waals surface area contributed by atoms with Gasteiger partial charge in [0.2, 0.25) is 0 Å². The highest BCUT2D eigenvalue weighted by atomic mass is 16.4. The number of carbonyl (C=O) groups is 2. The zero-order valence-electron chi connectivity index (χ0n) is 12.2. The van der Waals surface area contributed by atoms with Crippen molar-refractivity contribution in [3.63, 3.8) is 0 Å². The summed E-state index contributed by atoms with van der Waals surface area (Å²) in [5.74, 6) is -1.46. The summed E-state index contributed by atoms with van der Waals surface area (Å²) in [5, 5.41) is 13.1. The summed E-state index contributed by atoms with van der Waals surface area (Å²) in [6.45, 7) is 0. The maximum atomic E-state index is 12.4. The molecule has 0 saturated heterocycles. The van der Waals surface area contributed by atoms with Crippen LogP contribution in [0.1, 0.15) is 42.7 Å². The molecule has 2 aromatic rings. The molecule has 5 heteroatoms. The lowest BCUT2D eigenvalue weighted by Gasteiger charge is -2.22. The zero-order valence-corrected chi connectivity index (χ0v) is 12.2. The van der Waals surface area contributed by atoms with E-state index in [9.17, 15) is 14.7 Å². The number of benzene rings is 1. The molecule has 0 bridgehead atoms. The van der Waals surface area contributed by atoms with Crippen molar-refractivity contribution < 1.29 is 19.1 Å². The van der Waals surface area contributed by atoms with Crippen LogP contribution in [0.4, 0.5) is 0 Å². The number of para-hydroxylation sites is 1. The fraction of sp³-hybridized carbons (Fsp3) is 0.412. The largest absolute Gasteiger partial charge is 0.481 e. The highest BCUT2D eigenvalue weighted by Gasteiger charge is 2.31. The Morgan fingerprint density at radius 2 is 1.91 bits per heavy atom. The van der Waals surface area contributed by atoms with Gasteiger partial charge in [0.25, 0.3) is 5.91 Å². The summed E-state index contributed by atoms with van der Waals surface area (Å²) in [6, 6.07) is 8.77. The Bertz CT molecular complexity index is 658. The summed E-state index contributed by atoms with van der Waals surface area (Å²) in [4.78, 5) is 23.8. The normalized spacial score (nSPS) is 22.2. The van der Waals surface area contributed by atoms with Crippen LogP contribution in [0, 0.1) is 5.92 Å². The van der Waals surface area contributed by atoms with Crippen molar-refractivity contribution >= 4 is 22.8 Å². The maximum absolute atomic E-state index is 12.4. The summed E-state index contributed by atoms with van der Waals surface area (Å²) in [7, 11) is 0. The molecule has 1 aromatic heterocycles. The third-order valence-electron chi connectivity index (χ3n) is 4.30. The average Bonchev–Trinajstić information content (AvgIpc) is 2.80. The predicted octanol–water partition coefficient (Wildman–Crippen LogP) is 3.20. The van der Waals surface area contributed by atoms with Gasteiger partial charge in [-0.3, -0.25) is 9.59 Å². The third kappa shape index (κ3) is 2.98. The van der Waals surface area contributed by atoms with E-state index >= 15 is 0 Å². The van der Waals surface area contributed by atoms with Crippen LogP contribution in [0.25, 0.3) is 11.0 Å². The first-order chi connectivity index (χ1) is 10.6. The number of nitrogens with one attached hydrogen (secondary N) is 1. The van der Waals surface area contributed by atoms with Gasteiger partial charge in [0.15, 0.2) is 5.76 Å². The third-order valence-corrected chi connectivity index (χ3v) is 4.30. The van der Waals surface area contributed by atoms with E-state index in [0.717, 1.165) is 24.6 Å². The van der Waals surface area contributed by atoms with E-state index in [1.165, 1.54) is 0 Å². The summed E-state index contributed by atoms with van der Waals surface area (Å²) in [5.41, 5.74) is 0.656. The molecule has 1 aliphatic rings. The van der Waals surface area contributed by atoms with Crippen molar-refractivity contribution in [3.8, 4) is 0 Å². The lowest BCUT2D eigenvalue weighted by atomic mass is 9.95. The van der Waals surface area contributed by atoms with Gasteiger partial charge >= 0.3 is 5.97 Å². The lowest BCUT2D eigenvalue weighted by molar-refractivity contribution is -0.142. The lowest BCUT2D eigenvalue weighted by Crippen LogP contribution is -2.42. The zero-order chi connectivity index (χ0) is 15.5. The number of carboxylic acids is 1. The van der Waals surface area contributed by atoms with E-state index < -0.39 is 11.9 Å². The quantitative estimate of drug-likeness (QED) is 0.853. The van der Waals surface area contributed by atoms with Gasteiger partial charge in [0.1, 0.15) is 5.58 Å². The second-order valence-electron chi connectivity index (χ2n) is 5.81. The highest BCUT2D eigenvalue weighted by molar-refractivity contribution is 5.96. The molecule has 1 fully saturated rings. The molecular formula is C17H19NO4. The van der Waals surface area contributed by atoms with Crippen molar-refractivity contribution in [2.75, 3.05) is 0 Å². The molecule has 3 rings (SSSR count). The monoisotopic (exact) mass is 301 g/mol. The van der Waals surface area contributed by atoms with Crippen LogP contribution < -0.4 is 5.32 Å². The Hall–Kier alpha value is -2.30. The van der Waals surface area contributed by atoms with Crippen LogP contribution in [0.5, 0.6) is 0 Å². The maximum Gasteiger partial charge on any atom is 0.308 e.